The van der Waals surface area contributed by atoms with Crippen LogP contribution in [0.5, 0.6) is 0 Å². The highest BCUT2D eigenvalue weighted by Gasteiger charge is 2.05. The molecule has 0 spiro atoms. The molecule has 0 unspecified atom stereocenters. The molecule has 0 radical (unpaired) electrons. The van der Waals surface area contributed by atoms with Gasteiger partial charge >= 0.3 is 0 Å². The summed E-state index contributed by atoms with van der Waals surface area (Å²) in [6.07, 6.45) is 6.26. The third kappa shape index (κ3) is 1.14. The van der Waals surface area contributed by atoms with Crippen molar-refractivity contribution in [2.75, 3.05) is 0 Å². The highest BCUT2D eigenvalue weighted by atomic mass is 14.7. The average Bonchev–Trinajstić information content (AvgIpc) is 2.36. The highest BCUT2D eigenvalue weighted by Crippen LogP contribution is 2.18. The molecule has 1 rings (SSSR count). The number of hydrogen-bond acceptors (Lipinski definition) is 2. The molecule has 1 aliphatic carbocycles. The van der Waals surface area contributed by atoms with Crippen LogP contribution < -0.4 is 0 Å². The molecule has 0 aromatic carbocycles. The third-order valence-corrected chi connectivity index (χ3v) is 1.31. The Labute approximate surface area is 60.2 Å². The lowest BCUT2D eigenvalue weighted by Crippen LogP contribution is -1.76. The molecule has 0 N–H and O–H groups in total. The maximum absolute atomic E-state index is 8.53. The minimum Gasteiger partial charge on any atom is -0.264 e. The van der Waals surface area contributed by atoms with Crippen LogP contribution in [0.25, 0.3) is 0 Å². The summed E-state index contributed by atoms with van der Waals surface area (Å²) in [4.78, 5) is 4.05. The Morgan fingerprint density at radius 3 is 3.20 bits per heavy atom. The van der Waals surface area contributed by atoms with E-state index >= 15 is 0 Å². The van der Waals surface area contributed by atoms with E-state index in [2.05, 4.69) is 11.1 Å². The van der Waals surface area contributed by atoms with Gasteiger partial charge in [-0.3, -0.25) is 4.99 Å². The molecule has 0 heterocycles. The fraction of sp³-hybridized carbons (Fsp3) is 0.250. The van der Waals surface area contributed by atoms with Crippen molar-refractivity contribution >= 4 is 6.21 Å². The fourth-order valence-electron chi connectivity index (χ4n) is 0.874. The zero-order valence-corrected chi connectivity index (χ0v) is 5.83. The van der Waals surface area contributed by atoms with Crippen molar-refractivity contribution in [3.8, 4) is 6.07 Å². The Morgan fingerprint density at radius 1 is 1.80 bits per heavy atom. The summed E-state index contributed by atoms with van der Waals surface area (Å²) in [5, 5.41) is 8.53. The van der Waals surface area contributed by atoms with Crippen LogP contribution in [-0.2, 0) is 0 Å². The fourth-order valence-corrected chi connectivity index (χ4v) is 0.874. The van der Waals surface area contributed by atoms with Gasteiger partial charge in [0.1, 0.15) is 6.07 Å². The van der Waals surface area contributed by atoms with Crippen molar-refractivity contribution in [1.29, 1.82) is 5.26 Å². The molecule has 0 aromatic rings. The summed E-state index contributed by atoms with van der Waals surface area (Å²) in [6, 6.07) is 2.08. The molecule has 0 aromatic heterocycles. The lowest BCUT2D eigenvalue weighted by Gasteiger charge is -1.89. The molecular formula is C8H8N2. The first-order chi connectivity index (χ1) is 4.88. The SMILES string of the molecule is CC=NC1=C(C#N)C=CC1. The van der Waals surface area contributed by atoms with E-state index in [1.165, 1.54) is 0 Å². The number of nitrogens with zero attached hydrogens (tertiary/aromatic N) is 2. The van der Waals surface area contributed by atoms with Gasteiger partial charge in [-0.15, -0.1) is 0 Å². The molecule has 1 aliphatic rings. The van der Waals surface area contributed by atoms with E-state index < -0.39 is 0 Å². The molecule has 0 aliphatic heterocycles. The molecule has 0 saturated carbocycles. The van der Waals surface area contributed by atoms with Crippen LogP contribution in [-0.4, -0.2) is 6.21 Å². The molecular weight excluding hydrogens is 124 g/mol. The van der Waals surface area contributed by atoms with Crippen molar-refractivity contribution in [1.82, 2.24) is 0 Å². The van der Waals surface area contributed by atoms with Gasteiger partial charge in [0, 0.05) is 12.6 Å². The molecule has 0 saturated heterocycles. The zero-order chi connectivity index (χ0) is 7.40. The van der Waals surface area contributed by atoms with Crippen LogP contribution >= 0.6 is 0 Å². The smallest absolute Gasteiger partial charge is 0.101 e. The van der Waals surface area contributed by atoms with Gasteiger partial charge in [-0.2, -0.15) is 5.26 Å². The summed E-state index contributed by atoms with van der Waals surface area (Å²) in [5.74, 6) is 0. The van der Waals surface area contributed by atoms with Crippen LogP contribution in [0.4, 0.5) is 0 Å². The lowest BCUT2D eigenvalue weighted by molar-refractivity contribution is 1.19. The molecule has 10 heavy (non-hydrogen) atoms. The molecule has 2 nitrogen and oxygen atoms in total. The standard InChI is InChI=1S/C8H8N2/c1-2-10-8-5-3-4-7(8)6-9/h2-4H,5H2,1H3. The first-order valence-electron chi connectivity index (χ1n) is 3.17. The number of nitriles is 1. The van der Waals surface area contributed by atoms with Gasteiger partial charge in [-0.25, -0.2) is 0 Å². The van der Waals surface area contributed by atoms with Crippen molar-refractivity contribution < 1.29 is 0 Å². The van der Waals surface area contributed by atoms with Crippen LogP contribution in [0.1, 0.15) is 13.3 Å². The van der Waals surface area contributed by atoms with E-state index in [0.717, 1.165) is 12.1 Å². The predicted octanol–water partition coefficient (Wildman–Crippen LogP) is 1.81. The van der Waals surface area contributed by atoms with Crippen LogP contribution in [0.15, 0.2) is 28.4 Å². The maximum atomic E-state index is 8.53. The van der Waals surface area contributed by atoms with E-state index in [-0.39, 0.29) is 0 Å². The van der Waals surface area contributed by atoms with E-state index in [4.69, 9.17) is 5.26 Å². The van der Waals surface area contributed by atoms with Gasteiger partial charge in [0.15, 0.2) is 0 Å². The van der Waals surface area contributed by atoms with E-state index in [9.17, 15) is 0 Å². The van der Waals surface area contributed by atoms with Crippen LogP contribution in [0.3, 0.4) is 0 Å². The largest absolute Gasteiger partial charge is 0.264 e. The zero-order valence-electron chi connectivity index (χ0n) is 5.83. The minimum absolute atomic E-state index is 0.693. The molecule has 0 amide bonds. The Kier molecular flexibility index (Phi) is 2.01. The normalized spacial score (nSPS) is 16.8. The molecule has 50 valence electrons. The van der Waals surface area contributed by atoms with Gasteiger partial charge in [0.2, 0.25) is 0 Å². The molecule has 2 heteroatoms. The molecule has 0 bridgehead atoms. The van der Waals surface area contributed by atoms with Crippen molar-refractivity contribution in [3.05, 3.63) is 23.4 Å². The van der Waals surface area contributed by atoms with Gasteiger partial charge in [-0.1, -0.05) is 6.08 Å². The van der Waals surface area contributed by atoms with Gasteiger partial charge in [0.05, 0.1) is 11.3 Å². The average molecular weight is 132 g/mol. The summed E-state index contributed by atoms with van der Waals surface area (Å²) in [6.45, 7) is 1.85. The summed E-state index contributed by atoms with van der Waals surface area (Å²) < 4.78 is 0. The molecule has 0 atom stereocenters. The van der Waals surface area contributed by atoms with Crippen molar-refractivity contribution in [2.45, 2.75) is 13.3 Å². The van der Waals surface area contributed by atoms with Crippen LogP contribution in [0.2, 0.25) is 0 Å². The second-order valence-corrected chi connectivity index (χ2v) is 1.97. The Hall–Kier alpha value is -1.36. The van der Waals surface area contributed by atoms with E-state index in [0.29, 0.717) is 5.57 Å². The van der Waals surface area contributed by atoms with Crippen LogP contribution in [0, 0.1) is 11.3 Å². The summed E-state index contributed by atoms with van der Waals surface area (Å²) in [5.41, 5.74) is 1.57. The third-order valence-electron chi connectivity index (χ3n) is 1.31. The van der Waals surface area contributed by atoms with E-state index in [1.54, 1.807) is 6.21 Å². The highest BCUT2D eigenvalue weighted by molar-refractivity contribution is 5.58. The van der Waals surface area contributed by atoms with Gasteiger partial charge in [-0.05, 0) is 13.0 Å². The Morgan fingerprint density at radius 2 is 2.60 bits per heavy atom. The van der Waals surface area contributed by atoms with Crippen molar-refractivity contribution in [2.24, 2.45) is 4.99 Å². The van der Waals surface area contributed by atoms with E-state index in [1.807, 2.05) is 19.1 Å². The molecule has 0 fully saturated rings. The number of aliphatic imine (C=N–C) groups is 1. The summed E-state index contributed by atoms with van der Waals surface area (Å²) in [7, 11) is 0. The predicted molar refractivity (Wildman–Crippen MR) is 40.6 cm³/mol. The first kappa shape index (κ1) is 6.76. The van der Waals surface area contributed by atoms with Gasteiger partial charge < -0.3 is 0 Å². The maximum Gasteiger partial charge on any atom is 0.101 e. The quantitative estimate of drug-likeness (QED) is 0.501. The number of hydrogen-bond donors (Lipinski definition) is 0. The second kappa shape index (κ2) is 2.98. The number of rotatable bonds is 1. The first-order valence-corrected chi connectivity index (χ1v) is 3.17. The minimum atomic E-state index is 0.693. The van der Waals surface area contributed by atoms with Gasteiger partial charge in [0.25, 0.3) is 0 Å². The number of allylic oxidation sites excluding steroid dienone is 3. The topological polar surface area (TPSA) is 36.1 Å². The Bertz CT molecular complexity index is 251. The Balaban J connectivity index is 2.88. The monoisotopic (exact) mass is 132 g/mol. The summed E-state index contributed by atoms with van der Waals surface area (Å²) >= 11 is 0. The lowest BCUT2D eigenvalue weighted by atomic mass is 10.3. The van der Waals surface area contributed by atoms with Crippen molar-refractivity contribution in [3.63, 3.8) is 0 Å². The second-order valence-electron chi connectivity index (χ2n) is 1.97.